The summed E-state index contributed by atoms with van der Waals surface area (Å²) in [6.07, 6.45) is 0. The lowest BCUT2D eigenvalue weighted by molar-refractivity contribution is -0.805. The zero-order valence-electron chi connectivity index (χ0n) is 6.83. The average molecular weight is 190 g/mol. The van der Waals surface area contributed by atoms with Gasteiger partial charge in [0.1, 0.15) is 0 Å². The maximum absolute atomic E-state index is 10.8. The Morgan fingerprint density at radius 2 is 1.54 bits per heavy atom. The molecular weight excluding hydrogens is 184 g/mol. The van der Waals surface area contributed by atoms with Gasteiger partial charge in [-0.1, -0.05) is 0 Å². The zero-order chi connectivity index (χ0) is 10.6. The number of hydrogen-bond donors (Lipinski definition) is 0. The third kappa shape index (κ3) is 1.63. The molecule has 0 radical (unpaired) electrons. The van der Waals surface area contributed by atoms with E-state index in [1.807, 2.05) is 10.6 Å². The molecule has 13 heavy (non-hydrogen) atoms. The molecule has 9 nitrogen and oxygen atoms in total. The molecule has 0 bridgehead atoms. The van der Waals surface area contributed by atoms with Gasteiger partial charge in [-0.3, -0.25) is 4.79 Å². The van der Waals surface area contributed by atoms with Crippen LogP contribution in [0.25, 0.3) is 0 Å². The van der Waals surface area contributed by atoms with E-state index in [2.05, 4.69) is 0 Å². The molecule has 0 aromatic rings. The SMILES string of the molecule is CC(=O)C(C)(/[N+]([O-])=N/[O-])/[N+]([O-])=N/[O-]. The van der Waals surface area contributed by atoms with Crippen LogP contribution in [-0.4, -0.2) is 21.2 Å². The van der Waals surface area contributed by atoms with Crippen molar-refractivity contribution in [1.82, 2.24) is 0 Å². The molecule has 9 heteroatoms. The van der Waals surface area contributed by atoms with Gasteiger partial charge in [-0.25, -0.2) is 0 Å². The van der Waals surface area contributed by atoms with Crippen LogP contribution in [0.15, 0.2) is 10.6 Å². The van der Waals surface area contributed by atoms with Crippen molar-refractivity contribution in [3.8, 4) is 0 Å². The van der Waals surface area contributed by atoms with E-state index in [4.69, 9.17) is 0 Å². The van der Waals surface area contributed by atoms with Crippen molar-refractivity contribution in [2.75, 3.05) is 0 Å². The third-order valence-corrected chi connectivity index (χ3v) is 1.56. The fourth-order valence-electron chi connectivity index (χ4n) is 0.502. The molecule has 0 saturated carbocycles. The highest BCUT2D eigenvalue weighted by Gasteiger charge is 2.51. The highest BCUT2D eigenvalue weighted by Crippen LogP contribution is 2.13. The van der Waals surface area contributed by atoms with Crippen molar-refractivity contribution in [3.05, 3.63) is 20.8 Å². The standard InChI is InChI=1S/C4H8N4O5/c1-3(9)4(2,7(12)5-10)8(13)6-11/h10-11H,1-2H3/p-2/b7-5-,8-6-. The Bertz CT molecular complexity index is 254. The van der Waals surface area contributed by atoms with E-state index in [0.717, 1.165) is 13.8 Å². The van der Waals surface area contributed by atoms with Gasteiger partial charge in [0.25, 0.3) is 5.78 Å². The number of ketones is 1. The lowest BCUT2D eigenvalue weighted by Gasteiger charge is -2.19. The van der Waals surface area contributed by atoms with Crippen LogP contribution in [0, 0.1) is 20.8 Å². The van der Waals surface area contributed by atoms with Crippen LogP contribution in [0.5, 0.6) is 0 Å². The van der Waals surface area contributed by atoms with Crippen LogP contribution in [0.3, 0.4) is 0 Å². The first-order valence-electron chi connectivity index (χ1n) is 3.03. The highest BCUT2D eigenvalue weighted by atomic mass is 16.6. The molecule has 0 N–H and O–H groups in total. The summed E-state index contributed by atoms with van der Waals surface area (Å²) < 4.78 is 0. The van der Waals surface area contributed by atoms with Crippen LogP contribution < -0.4 is 0 Å². The van der Waals surface area contributed by atoms with Crippen LogP contribution in [-0.2, 0) is 4.79 Å². The van der Waals surface area contributed by atoms with Gasteiger partial charge in [-0.2, -0.15) is 0 Å². The summed E-state index contributed by atoms with van der Waals surface area (Å²) in [5, 5.41) is 44.5. The van der Waals surface area contributed by atoms with Crippen molar-refractivity contribution in [3.63, 3.8) is 0 Å². The number of rotatable bonds is 3. The van der Waals surface area contributed by atoms with E-state index in [1.54, 1.807) is 0 Å². The minimum Gasteiger partial charge on any atom is -0.739 e. The van der Waals surface area contributed by atoms with Gasteiger partial charge in [0, 0.05) is 6.92 Å². The Hall–Kier alpha value is -1.93. The van der Waals surface area contributed by atoms with Crippen LogP contribution in [0.4, 0.5) is 0 Å². The molecule has 0 aliphatic heterocycles. The highest BCUT2D eigenvalue weighted by molar-refractivity contribution is 5.82. The molecule has 74 valence electrons. The lowest BCUT2D eigenvalue weighted by Crippen LogP contribution is -2.49. The minimum absolute atomic E-state index is 0.719. The number of Topliss-reactive ketones (excluding diaryl/α,β-unsaturated/α-hetero) is 1. The first-order chi connectivity index (χ1) is 5.91. The summed E-state index contributed by atoms with van der Waals surface area (Å²) in [6.45, 7) is 1.62. The molecule has 0 amide bonds. The fraction of sp³-hybridized carbons (Fsp3) is 0.750. The maximum Gasteiger partial charge on any atom is 0.473 e. The molecule has 0 aliphatic rings. The van der Waals surface area contributed by atoms with E-state index in [1.165, 1.54) is 0 Å². The largest absolute Gasteiger partial charge is 0.739 e. The van der Waals surface area contributed by atoms with E-state index in [-0.39, 0.29) is 0 Å². The van der Waals surface area contributed by atoms with Gasteiger partial charge in [-0.15, -0.1) is 0 Å². The van der Waals surface area contributed by atoms with E-state index >= 15 is 0 Å². The molecule has 0 fully saturated rings. The monoisotopic (exact) mass is 190 g/mol. The average Bonchev–Trinajstić information content (AvgIpc) is 2.13. The summed E-state index contributed by atoms with van der Waals surface area (Å²) in [4.78, 5) is 9.35. The van der Waals surface area contributed by atoms with E-state index in [9.17, 15) is 25.6 Å². The van der Waals surface area contributed by atoms with Crippen LogP contribution in [0.2, 0.25) is 0 Å². The minimum atomic E-state index is -2.52. The summed E-state index contributed by atoms with van der Waals surface area (Å²) >= 11 is 0. The molecule has 0 spiro atoms. The second kappa shape index (κ2) is 3.65. The maximum atomic E-state index is 10.8. The lowest BCUT2D eigenvalue weighted by atomic mass is 10.1. The molecular formula is C4H6N4O5-2. The molecule has 0 atom stereocenters. The van der Waals surface area contributed by atoms with Crippen molar-refractivity contribution in [1.29, 1.82) is 0 Å². The number of hydroxylamine groups is 2. The first-order valence-corrected chi connectivity index (χ1v) is 3.03. The van der Waals surface area contributed by atoms with Crippen LogP contribution in [0.1, 0.15) is 13.8 Å². The van der Waals surface area contributed by atoms with Gasteiger partial charge >= 0.3 is 5.66 Å². The van der Waals surface area contributed by atoms with Crippen LogP contribution >= 0.6 is 0 Å². The number of hydrogen-bond acceptors (Lipinski definition) is 7. The number of carbonyl (C=O) groups is 1. The molecule has 0 heterocycles. The van der Waals surface area contributed by atoms with Gasteiger partial charge in [0.05, 0.1) is 6.92 Å². The van der Waals surface area contributed by atoms with E-state index in [0.29, 0.717) is 0 Å². The van der Waals surface area contributed by atoms with Gasteiger partial charge in [0.2, 0.25) is 0 Å². The Balaban J connectivity index is 5.33. The third-order valence-electron chi connectivity index (χ3n) is 1.56. The molecule has 0 rings (SSSR count). The summed E-state index contributed by atoms with van der Waals surface area (Å²) in [6, 6.07) is 0. The topological polar surface area (TPSA) is 140 Å². The summed E-state index contributed by atoms with van der Waals surface area (Å²) in [5.41, 5.74) is -2.52. The Morgan fingerprint density at radius 3 is 1.69 bits per heavy atom. The number of nitrogens with zero attached hydrogens (tertiary/aromatic N) is 4. The second-order valence-electron chi connectivity index (χ2n) is 2.29. The quantitative estimate of drug-likeness (QED) is 0.270. The van der Waals surface area contributed by atoms with Crippen molar-refractivity contribution >= 4 is 5.78 Å². The number of carbonyl (C=O) groups excluding carboxylic acids is 1. The smallest absolute Gasteiger partial charge is 0.473 e. The molecule has 0 unspecified atom stereocenters. The first kappa shape index (κ1) is 11.1. The van der Waals surface area contributed by atoms with Crippen molar-refractivity contribution in [2.45, 2.75) is 19.5 Å². The zero-order valence-corrected chi connectivity index (χ0v) is 6.83. The Kier molecular flexibility index (Phi) is 3.11. The fourth-order valence-corrected chi connectivity index (χ4v) is 0.502. The molecule has 0 aromatic carbocycles. The van der Waals surface area contributed by atoms with Crippen molar-refractivity contribution in [2.24, 2.45) is 10.6 Å². The van der Waals surface area contributed by atoms with Gasteiger partial charge in [0.15, 0.2) is 0 Å². The molecule has 0 saturated heterocycles. The molecule has 0 aliphatic carbocycles. The van der Waals surface area contributed by atoms with Gasteiger partial charge < -0.3 is 20.8 Å². The predicted octanol–water partition coefficient (Wildman–Crippen LogP) is 0.212. The summed E-state index contributed by atoms with van der Waals surface area (Å²) in [7, 11) is 0. The van der Waals surface area contributed by atoms with Crippen molar-refractivity contribution < 1.29 is 14.5 Å². The van der Waals surface area contributed by atoms with E-state index < -0.39 is 21.2 Å². The molecule has 0 aromatic heterocycles. The summed E-state index contributed by atoms with van der Waals surface area (Å²) in [5.74, 6) is -1.02. The predicted molar refractivity (Wildman–Crippen MR) is 37.9 cm³/mol. The Labute approximate surface area is 72.3 Å². The second-order valence-corrected chi connectivity index (χ2v) is 2.29. The normalized spacial score (nSPS) is 14.3. The van der Waals surface area contributed by atoms with Gasteiger partial charge in [-0.05, 0) is 20.3 Å². The Morgan fingerprint density at radius 1 is 1.23 bits per heavy atom.